The number of rotatable bonds is 1. The monoisotopic (exact) mass is 377 g/mol. The number of alkyl halides is 1. The van der Waals surface area contributed by atoms with Crippen LogP contribution < -0.4 is 0 Å². The smallest absolute Gasteiger partial charge is 0.253 e. The van der Waals surface area contributed by atoms with E-state index in [1.54, 1.807) is 17.0 Å². The minimum Gasteiger partial charge on any atom is -0.338 e. The second-order valence-corrected chi connectivity index (χ2v) is 6.69. The largest absolute Gasteiger partial charge is 0.338 e. The lowest BCUT2D eigenvalue weighted by atomic mass is 9.99. The summed E-state index contributed by atoms with van der Waals surface area (Å²) >= 11 is 6.69. The molecular formula is C13H14Br2FNO. The fourth-order valence-corrected chi connectivity index (χ4v) is 2.73. The topological polar surface area (TPSA) is 20.3 Å². The Morgan fingerprint density at radius 3 is 2.83 bits per heavy atom. The van der Waals surface area contributed by atoms with Crippen LogP contribution in [0.3, 0.4) is 0 Å². The van der Waals surface area contributed by atoms with Crippen LogP contribution in [0.15, 0.2) is 22.7 Å². The molecule has 5 heteroatoms. The van der Waals surface area contributed by atoms with Crippen LogP contribution in [0.2, 0.25) is 0 Å². The molecule has 2 atom stereocenters. The number of carbonyl (C=O) groups excluding carboxylic acids is 1. The second kappa shape index (κ2) is 5.70. The third kappa shape index (κ3) is 2.94. The number of hydrogen-bond acceptors (Lipinski definition) is 1. The fraction of sp³-hybridized carbons (Fsp3) is 0.462. The molecule has 98 valence electrons. The van der Waals surface area contributed by atoms with Gasteiger partial charge in [-0.3, -0.25) is 4.79 Å². The number of piperidine rings is 1. The molecule has 0 aromatic heterocycles. The molecule has 2 rings (SSSR count). The molecular weight excluding hydrogens is 365 g/mol. The van der Waals surface area contributed by atoms with Gasteiger partial charge in [-0.25, -0.2) is 4.39 Å². The van der Waals surface area contributed by atoms with Gasteiger partial charge in [0.2, 0.25) is 0 Å². The summed E-state index contributed by atoms with van der Waals surface area (Å²) in [6, 6.07) is 4.51. The van der Waals surface area contributed by atoms with Crippen molar-refractivity contribution in [2.45, 2.75) is 18.2 Å². The van der Waals surface area contributed by atoms with Crippen molar-refractivity contribution in [2.24, 2.45) is 5.92 Å². The molecule has 0 radical (unpaired) electrons. The van der Waals surface area contributed by atoms with E-state index in [9.17, 15) is 9.18 Å². The lowest BCUT2D eigenvalue weighted by Crippen LogP contribution is -2.43. The zero-order chi connectivity index (χ0) is 13.3. The lowest BCUT2D eigenvalue weighted by Gasteiger charge is -2.34. The molecule has 1 heterocycles. The minimum absolute atomic E-state index is 0.0901. The van der Waals surface area contributed by atoms with E-state index in [0.29, 0.717) is 27.3 Å². The fourth-order valence-electron chi connectivity index (χ4n) is 2.11. The third-order valence-corrected chi connectivity index (χ3v) is 5.26. The Bertz CT molecular complexity index is 466. The van der Waals surface area contributed by atoms with Gasteiger partial charge in [0.25, 0.3) is 5.91 Å². The van der Waals surface area contributed by atoms with Crippen LogP contribution in [0, 0.1) is 11.7 Å². The molecule has 1 aliphatic heterocycles. The molecule has 0 aliphatic carbocycles. The van der Waals surface area contributed by atoms with Gasteiger partial charge in [0, 0.05) is 23.5 Å². The predicted octanol–water partition coefficient (Wildman–Crippen LogP) is 3.83. The molecule has 1 fully saturated rings. The van der Waals surface area contributed by atoms with Crippen molar-refractivity contribution >= 4 is 37.8 Å². The first kappa shape index (κ1) is 14.0. The van der Waals surface area contributed by atoms with Gasteiger partial charge in [-0.1, -0.05) is 22.9 Å². The van der Waals surface area contributed by atoms with Crippen molar-refractivity contribution in [3.05, 3.63) is 34.1 Å². The molecule has 0 bridgehead atoms. The van der Waals surface area contributed by atoms with Crippen LogP contribution in [0.5, 0.6) is 0 Å². The maximum absolute atomic E-state index is 13.4. The number of nitrogens with zero attached hydrogens (tertiary/aromatic N) is 1. The van der Waals surface area contributed by atoms with Crippen LogP contribution in [-0.4, -0.2) is 28.7 Å². The van der Waals surface area contributed by atoms with Crippen molar-refractivity contribution in [3.8, 4) is 0 Å². The number of hydrogen-bond donors (Lipinski definition) is 0. The number of carbonyl (C=O) groups is 1. The first-order valence-corrected chi connectivity index (χ1v) is 7.58. The van der Waals surface area contributed by atoms with E-state index in [-0.39, 0.29) is 5.91 Å². The highest BCUT2D eigenvalue weighted by molar-refractivity contribution is 9.10. The standard InChI is InChI=1S/C13H14Br2FNO/c1-8-7-17(5-4-10(8)14)13(18)9-2-3-11(15)12(16)6-9/h2-3,6,8,10H,4-5,7H2,1H3. The van der Waals surface area contributed by atoms with Gasteiger partial charge < -0.3 is 4.90 Å². The van der Waals surface area contributed by atoms with Gasteiger partial charge >= 0.3 is 0 Å². The van der Waals surface area contributed by atoms with Crippen molar-refractivity contribution in [3.63, 3.8) is 0 Å². The van der Waals surface area contributed by atoms with Crippen molar-refractivity contribution < 1.29 is 9.18 Å². The molecule has 1 saturated heterocycles. The molecule has 1 aliphatic rings. The van der Waals surface area contributed by atoms with Crippen LogP contribution in [-0.2, 0) is 0 Å². The maximum atomic E-state index is 13.4. The Kier molecular flexibility index (Phi) is 4.43. The average Bonchev–Trinajstić information content (AvgIpc) is 2.35. The number of likely N-dealkylation sites (tertiary alicyclic amines) is 1. The van der Waals surface area contributed by atoms with E-state index in [0.717, 1.165) is 13.0 Å². The SMILES string of the molecule is CC1CN(C(=O)c2ccc(Br)c(F)c2)CCC1Br. The Labute approximate surface area is 123 Å². The Morgan fingerprint density at radius 2 is 2.22 bits per heavy atom. The van der Waals surface area contributed by atoms with Gasteiger partial charge in [0.15, 0.2) is 0 Å². The van der Waals surface area contributed by atoms with Crippen LogP contribution >= 0.6 is 31.9 Å². The van der Waals surface area contributed by atoms with E-state index >= 15 is 0 Å². The van der Waals surface area contributed by atoms with Gasteiger partial charge in [-0.15, -0.1) is 0 Å². The number of halogens is 3. The average molecular weight is 379 g/mol. The van der Waals surface area contributed by atoms with E-state index in [1.807, 2.05) is 0 Å². The summed E-state index contributed by atoms with van der Waals surface area (Å²) in [5.41, 5.74) is 0.413. The van der Waals surface area contributed by atoms with Crippen LogP contribution in [0.4, 0.5) is 4.39 Å². The van der Waals surface area contributed by atoms with Gasteiger partial charge in [-0.05, 0) is 46.5 Å². The minimum atomic E-state index is -0.399. The lowest BCUT2D eigenvalue weighted by molar-refractivity contribution is 0.0690. The molecule has 1 aromatic carbocycles. The Balaban J connectivity index is 2.14. The summed E-state index contributed by atoms with van der Waals surface area (Å²) in [6.07, 6.45) is 0.936. The van der Waals surface area contributed by atoms with Gasteiger partial charge in [-0.2, -0.15) is 0 Å². The first-order valence-electron chi connectivity index (χ1n) is 5.87. The van der Waals surface area contributed by atoms with E-state index in [2.05, 4.69) is 38.8 Å². The molecule has 1 amide bonds. The highest BCUT2D eigenvalue weighted by atomic mass is 79.9. The molecule has 2 nitrogen and oxygen atoms in total. The van der Waals surface area contributed by atoms with Crippen molar-refractivity contribution in [1.82, 2.24) is 4.90 Å². The van der Waals surface area contributed by atoms with Gasteiger partial charge in [0.1, 0.15) is 5.82 Å². The highest BCUT2D eigenvalue weighted by Gasteiger charge is 2.27. The maximum Gasteiger partial charge on any atom is 0.253 e. The second-order valence-electron chi connectivity index (χ2n) is 4.66. The summed E-state index contributed by atoms with van der Waals surface area (Å²) < 4.78 is 13.8. The zero-order valence-corrected chi connectivity index (χ0v) is 13.2. The predicted molar refractivity (Wildman–Crippen MR) is 76.5 cm³/mol. The summed E-state index contributed by atoms with van der Waals surface area (Å²) in [5, 5.41) is 0. The first-order chi connectivity index (χ1) is 8.49. The van der Waals surface area contributed by atoms with Crippen LogP contribution in [0.25, 0.3) is 0 Å². The van der Waals surface area contributed by atoms with Gasteiger partial charge in [0.05, 0.1) is 4.47 Å². The number of benzene rings is 1. The molecule has 0 saturated carbocycles. The summed E-state index contributed by atoms with van der Waals surface area (Å²) in [4.78, 5) is 14.5. The molecule has 2 unspecified atom stereocenters. The summed E-state index contributed by atoms with van der Waals surface area (Å²) in [6.45, 7) is 3.55. The Morgan fingerprint density at radius 1 is 1.50 bits per heavy atom. The van der Waals surface area contributed by atoms with Crippen molar-refractivity contribution in [1.29, 1.82) is 0 Å². The zero-order valence-electron chi connectivity index (χ0n) is 10.00. The van der Waals surface area contributed by atoms with E-state index < -0.39 is 5.82 Å². The van der Waals surface area contributed by atoms with E-state index in [4.69, 9.17) is 0 Å². The number of amides is 1. The van der Waals surface area contributed by atoms with E-state index in [1.165, 1.54) is 6.07 Å². The summed E-state index contributed by atoms with van der Waals surface area (Å²) in [5.74, 6) is -0.0695. The summed E-state index contributed by atoms with van der Waals surface area (Å²) in [7, 11) is 0. The molecule has 18 heavy (non-hydrogen) atoms. The molecule has 1 aromatic rings. The highest BCUT2D eigenvalue weighted by Crippen LogP contribution is 2.25. The third-order valence-electron chi connectivity index (χ3n) is 3.25. The Hall–Kier alpha value is -0.420. The molecule has 0 spiro atoms. The normalized spacial score (nSPS) is 24.1. The quantitative estimate of drug-likeness (QED) is 0.680. The van der Waals surface area contributed by atoms with Crippen molar-refractivity contribution in [2.75, 3.05) is 13.1 Å². The molecule has 0 N–H and O–H groups in total. The van der Waals surface area contributed by atoms with Crippen LogP contribution in [0.1, 0.15) is 23.7 Å².